The van der Waals surface area contributed by atoms with E-state index in [-0.39, 0.29) is 11.6 Å². The zero-order valence-corrected chi connectivity index (χ0v) is 13.2. The van der Waals surface area contributed by atoms with Crippen molar-refractivity contribution in [1.82, 2.24) is 5.32 Å². The van der Waals surface area contributed by atoms with E-state index < -0.39 is 17.5 Å². The third-order valence-electron chi connectivity index (χ3n) is 2.40. The van der Waals surface area contributed by atoms with Gasteiger partial charge in [-0.05, 0) is 39.0 Å². The van der Waals surface area contributed by atoms with Crippen LogP contribution in [0.3, 0.4) is 0 Å². The van der Waals surface area contributed by atoms with Gasteiger partial charge < -0.3 is 20.7 Å². The highest BCUT2D eigenvalue weighted by molar-refractivity contribution is 5.89. The van der Waals surface area contributed by atoms with Crippen LogP contribution in [0.4, 0.5) is 20.6 Å². The normalized spacial score (nSPS) is 10.8. The maximum absolute atomic E-state index is 13.5. The fourth-order valence-corrected chi connectivity index (χ4v) is 1.61. The maximum atomic E-state index is 13.5. The van der Waals surface area contributed by atoms with E-state index in [0.29, 0.717) is 18.8 Å². The van der Waals surface area contributed by atoms with Crippen molar-refractivity contribution in [2.24, 2.45) is 0 Å². The van der Waals surface area contributed by atoms with Gasteiger partial charge in [0.15, 0.2) is 0 Å². The van der Waals surface area contributed by atoms with Gasteiger partial charge in [0.05, 0.1) is 5.69 Å². The Labute approximate surface area is 129 Å². The number of carbonyl (C=O) groups is 2. The summed E-state index contributed by atoms with van der Waals surface area (Å²) in [7, 11) is 0. The molecular formula is C15H22FN3O3. The average molecular weight is 311 g/mol. The number of benzene rings is 1. The molecule has 1 aromatic rings. The van der Waals surface area contributed by atoms with E-state index in [9.17, 15) is 14.0 Å². The number of halogens is 1. The molecule has 7 heteroatoms. The largest absolute Gasteiger partial charge is 0.444 e. The van der Waals surface area contributed by atoms with Gasteiger partial charge in [-0.2, -0.15) is 0 Å². The minimum Gasteiger partial charge on any atom is -0.444 e. The molecule has 0 fully saturated rings. The lowest BCUT2D eigenvalue weighted by Gasteiger charge is -2.19. The summed E-state index contributed by atoms with van der Waals surface area (Å²) in [6.07, 6.45) is -0.493. The second-order valence-corrected chi connectivity index (χ2v) is 5.73. The number of anilines is 2. The summed E-state index contributed by atoms with van der Waals surface area (Å²) in [5, 5.41) is 8.02. The van der Waals surface area contributed by atoms with Gasteiger partial charge in [0.2, 0.25) is 5.91 Å². The van der Waals surface area contributed by atoms with Gasteiger partial charge in [0, 0.05) is 25.7 Å². The third-order valence-corrected chi connectivity index (χ3v) is 2.40. The standard InChI is InChI=1S/C15H22FN3O3/c1-10(20)19-13-9-11(5-6-12(13)16)17-7-8-18-14(21)22-15(2,3)4/h5-6,9,17H,7-8H2,1-4H3,(H,18,21)(H,19,20). The van der Waals surface area contributed by atoms with Crippen LogP contribution in [0.2, 0.25) is 0 Å². The molecule has 1 aromatic carbocycles. The molecule has 0 bridgehead atoms. The van der Waals surface area contributed by atoms with E-state index in [1.54, 1.807) is 26.8 Å². The quantitative estimate of drug-likeness (QED) is 0.731. The first-order valence-corrected chi connectivity index (χ1v) is 6.95. The minimum atomic E-state index is -0.540. The van der Waals surface area contributed by atoms with Crippen LogP contribution in [0.1, 0.15) is 27.7 Å². The zero-order valence-electron chi connectivity index (χ0n) is 13.2. The van der Waals surface area contributed by atoms with E-state index in [1.807, 2.05) is 0 Å². The second-order valence-electron chi connectivity index (χ2n) is 5.73. The predicted molar refractivity (Wildman–Crippen MR) is 83.4 cm³/mol. The number of hydrogen-bond donors (Lipinski definition) is 3. The molecule has 3 N–H and O–H groups in total. The molecule has 0 heterocycles. The van der Waals surface area contributed by atoms with Crippen LogP contribution in [-0.2, 0) is 9.53 Å². The topological polar surface area (TPSA) is 79.5 Å². The molecule has 0 aliphatic carbocycles. The van der Waals surface area contributed by atoms with Crippen LogP contribution < -0.4 is 16.0 Å². The minimum absolute atomic E-state index is 0.109. The lowest BCUT2D eigenvalue weighted by atomic mass is 10.2. The zero-order chi connectivity index (χ0) is 16.8. The Balaban J connectivity index is 2.42. The first kappa shape index (κ1) is 17.7. The molecule has 0 aliphatic heterocycles. The van der Waals surface area contributed by atoms with E-state index in [4.69, 9.17) is 4.74 Å². The molecule has 0 aromatic heterocycles. The van der Waals surface area contributed by atoms with Crippen LogP contribution in [0.5, 0.6) is 0 Å². The molecule has 0 saturated heterocycles. The number of carbonyl (C=O) groups excluding carboxylic acids is 2. The van der Waals surface area contributed by atoms with Crippen molar-refractivity contribution in [2.45, 2.75) is 33.3 Å². The first-order chi connectivity index (χ1) is 10.2. The Morgan fingerprint density at radius 1 is 1.23 bits per heavy atom. The summed E-state index contributed by atoms with van der Waals surface area (Å²) in [5.41, 5.74) is 0.204. The molecule has 1 rings (SSSR count). The summed E-state index contributed by atoms with van der Waals surface area (Å²) in [4.78, 5) is 22.4. The van der Waals surface area contributed by atoms with E-state index in [2.05, 4.69) is 16.0 Å². The summed E-state index contributed by atoms with van der Waals surface area (Å²) in [5.74, 6) is -0.852. The summed E-state index contributed by atoms with van der Waals surface area (Å²) in [6.45, 7) is 7.45. The third kappa shape index (κ3) is 6.92. The van der Waals surface area contributed by atoms with Gasteiger partial charge in [-0.1, -0.05) is 0 Å². The summed E-state index contributed by atoms with van der Waals surface area (Å²) in [6, 6.07) is 4.30. The van der Waals surface area contributed by atoms with Crippen molar-refractivity contribution in [3.8, 4) is 0 Å². The number of ether oxygens (including phenoxy) is 1. The first-order valence-electron chi connectivity index (χ1n) is 6.95. The van der Waals surface area contributed by atoms with Gasteiger partial charge in [-0.15, -0.1) is 0 Å². The Morgan fingerprint density at radius 3 is 2.50 bits per heavy atom. The van der Waals surface area contributed by atoms with Crippen LogP contribution in [0, 0.1) is 5.82 Å². The SMILES string of the molecule is CC(=O)Nc1cc(NCCNC(=O)OC(C)(C)C)ccc1F. The lowest BCUT2D eigenvalue weighted by Crippen LogP contribution is -2.35. The van der Waals surface area contributed by atoms with E-state index >= 15 is 0 Å². The fraction of sp³-hybridized carbons (Fsp3) is 0.467. The van der Waals surface area contributed by atoms with Crippen molar-refractivity contribution in [3.63, 3.8) is 0 Å². The molecule has 0 saturated carbocycles. The maximum Gasteiger partial charge on any atom is 0.407 e. The van der Waals surface area contributed by atoms with Crippen molar-refractivity contribution in [2.75, 3.05) is 23.7 Å². The highest BCUT2D eigenvalue weighted by Gasteiger charge is 2.15. The Morgan fingerprint density at radius 2 is 1.91 bits per heavy atom. The number of hydrogen-bond acceptors (Lipinski definition) is 4. The van der Waals surface area contributed by atoms with Crippen LogP contribution in [-0.4, -0.2) is 30.7 Å². The van der Waals surface area contributed by atoms with Crippen LogP contribution >= 0.6 is 0 Å². The van der Waals surface area contributed by atoms with E-state index in [1.165, 1.54) is 19.1 Å². The number of rotatable bonds is 5. The van der Waals surface area contributed by atoms with Crippen molar-refractivity contribution in [3.05, 3.63) is 24.0 Å². The monoisotopic (exact) mass is 311 g/mol. The van der Waals surface area contributed by atoms with Gasteiger partial charge >= 0.3 is 6.09 Å². The van der Waals surface area contributed by atoms with Crippen molar-refractivity contribution in [1.29, 1.82) is 0 Å². The van der Waals surface area contributed by atoms with Crippen LogP contribution in [0.25, 0.3) is 0 Å². The number of amides is 2. The predicted octanol–water partition coefficient (Wildman–Crippen LogP) is 2.72. The second kappa shape index (κ2) is 7.63. The smallest absolute Gasteiger partial charge is 0.407 e. The van der Waals surface area contributed by atoms with Crippen molar-refractivity contribution < 1.29 is 18.7 Å². The Bertz CT molecular complexity index is 541. The Kier molecular flexibility index (Phi) is 6.15. The fourth-order valence-electron chi connectivity index (χ4n) is 1.61. The molecule has 0 aliphatic rings. The van der Waals surface area contributed by atoms with Gasteiger partial charge in [-0.25, -0.2) is 9.18 Å². The average Bonchev–Trinajstić information content (AvgIpc) is 2.35. The number of nitrogens with one attached hydrogen (secondary N) is 3. The lowest BCUT2D eigenvalue weighted by molar-refractivity contribution is -0.114. The molecule has 6 nitrogen and oxygen atoms in total. The molecule has 22 heavy (non-hydrogen) atoms. The molecule has 122 valence electrons. The summed E-state index contributed by atoms with van der Waals surface area (Å²) < 4.78 is 18.6. The highest BCUT2D eigenvalue weighted by atomic mass is 19.1. The molecule has 0 atom stereocenters. The molecule has 0 spiro atoms. The molecule has 0 unspecified atom stereocenters. The van der Waals surface area contributed by atoms with Gasteiger partial charge in [0.25, 0.3) is 0 Å². The van der Waals surface area contributed by atoms with Gasteiger partial charge in [0.1, 0.15) is 11.4 Å². The molecular weight excluding hydrogens is 289 g/mol. The van der Waals surface area contributed by atoms with E-state index in [0.717, 1.165) is 0 Å². The van der Waals surface area contributed by atoms with Gasteiger partial charge in [-0.3, -0.25) is 4.79 Å². The summed E-state index contributed by atoms with van der Waals surface area (Å²) >= 11 is 0. The van der Waals surface area contributed by atoms with Crippen molar-refractivity contribution >= 4 is 23.4 Å². The number of alkyl carbamates (subject to hydrolysis) is 1. The highest BCUT2D eigenvalue weighted by Crippen LogP contribution is 2.19. The molecule has 2 amide bonds. The molecule has 0 radical (unpaired) electrons. The van der Waals surface area contributed by atoms with Crippen LogP contribution in [0.15, 0.2) is 18.2 Å². The Hall–Kier alpha value is -2.31.